The lowest BCUT2D eigenvalue weighted by atomic mass is 10.2. The number of hydrogen-bond donors (Lipinski definition) is 1. The Morgan fingerprint density at radius 2 is 2.05 bits per heavy atom. The lowest BCUT2D eigenvalue weighted by Crippen LogP contribution is -2.12. The van der Waals surface area contributed by atoms with Crippen LogP contribution in [0.5, 0.6) is 11.5 Å². The minimum Gasteiger partial charge on any atom is -0.493 e. The van der Waals surface area contributed by atoms with Gasteiger partial charge < -0.3 is 19.6 Å². The van der Waals surface area contributed by atoms with E-state index in [1.54, 1.807) is 19.2 Å². The van der Waals surface area contributed by atoms with Crippen molar-refractivity contribution < 1.29 is 13.9 Å². The Kier molecular flexibility index (Phi) is 3.26. The second kappa shape index (κ2) is 5.07. The van der Waals surface area contributed by atoms with Gasteiger partial charge in [-0.05, 0) is 37.8 Å². The summed E-state index contributed by atoms with van der Waals surface area (Å²) in [5.41, 5.74) is 6.13. The second-order valence-electron chi connectivity index (χ2n) is 5.02. The molecular weight excluding hydrogens is 258 g/mol. The number of rotatable bonds is 3. The molecule has 1 heterocycles. The number of benzene rings is 1. The zero-order valence-corrected chi connectivity index (χ0v) is 11.3. The second-order valence-corrected chi connectivity index (χ2v) is 5.02. The maximum atomic E-state index is 11.6. The normalized spacial score (nSPS) is 15.7. The van der Waals surface area contributed by atoms with Crippen LogP contribution in [-0.2, 0) is 0 Å². The van der Waals surface area contributed by atoms with Gasteiger partial charge in [0.25, 0.3) is 0 Å². The largest absolute Gasteiger partial charge is 0.493 e. The van der Waals surface area contributed by atoms with Crippen molar-refractivity contribution in [2.75, 3.05) is 12.8 Å². The molecule has 5 heteroatoms. The average Bonchev–Trinajstić information content (AvgIpc) is 2.92. The van der Waals surface area contributed by atoms with E-state index in [9.17, 15) is 4.79 Å². The predicted molar refractivity (Wildman–Crippen MR) is 76.3 cm³/mol. The number of hydrogen-bond acceptors (Lipinski definition) is 5. The summed E-state index contributed by atoms with van der Waals surface area (Å²) in [6, 6.07) is 4.82. The van der Waals surface area contributed by atoms with Crippen LogP contribution in [0.25, 0.3) is 11.0 Å². The van der Waals surface area contributed by atoms with E-state index in [4.69, 9.17) is 19.6 Å². The molecule has 1 aromatic carbocycles. The number of nitrogens with two attached hydrogens (primary N) is 1. The zero-order chi connectivity index (χ0) is 14.1. The van der Waals surface area contributed by atoms with E-state index in [1.807, 2.05) is 0 Å². The highest BCUT2D eigenvalue weighted by Crippen LogP contribution is 2.39. The molecule has 1 aliphatic rings. The first-order valence-electron chi connectivity index (χ1n) is 6.76. The Bertz CT molecular complexity index is 686. The number of ether oxygens (including phenoxy) is 2. The highest BCUT2D eigenvalue weighted by atomic mass is 16.5. The summed E-state index contributed by atoms with van der Waals surface area (Å²) in [4.78, 5) is 11.6. The van der Waals surface area contributed by atoms with Crippen LogP contribution in [0.1, 0.15) is 25.7 Å². The molecule has 2 N–H and O–H groups in total. The maximum absolute atomic E-state index is 11.6. The van der Waals surface area contributed by atoms with Crippen LogP contribution in [0.4, 0.5) is 5.69 Å². The molecular formula is C15H17NO4. The molecule has 1 saturated carbocycles. The summed E-state index contributed by atoms with van der Waals surface area (Å²) < 4.78 is 16.6. The minimum atomic E-state index is -0.487. The smallest absolute Gasteiger partial charge is 0.338 e. The van der Waals surface area contributed by atoms with Gasteiger partial charge in [0.2, 0.25) is 5.75 Å². The van der Waals surface area contributed by atoms with Gasteiger partial charge in [0, 0.05) is 17.1 Å². The molecule has 1 aromatic heterocycles. The van der Waals surface area contributed by atoms with Gasteiger partial charge in [-0.1, -0.05) is 0 Å². The summed E-state index contributed by atoms with van der Waals surface area (Å²) in [5.74, 6) is 1.03. The third-order valence-corrected chi connectivity index (χ3v) is 3.67. The van der Waals surface area contributed by atoms with Crippen LogP contribution in [-0.4, -0.2) is 13.2 Å². The number of fused-ring (bicyclic) bond motifs is 1. The van der Waals surface area contributed by atoms with Crippen LogP contribution in [0.2, 0.25) is 0 Å². The van der Waals surface area contributed by atoms with E-state index in [-0.39, 0.29) is 6.10 Å². The summed E-state index contributed by atoms with van der Waals surface area (Å²) in [5, 5.41) is 0.665. The molecule has 0 atom stereocenters. The van der Waals surface area contributed by atoms with Crippen LogP contribution in [0.15, 0.2) is 27.4 Å². The van der Waals surface area contributed by atoms with Gasteiger partial charge in [0.1, 0.15) is 0 Å². The van der Waals surface area contributed by atoms with E-state index < -0.39 is 5.63 Å². The Labute approximate surface area is 116 Å². The van der Waals surface area contributed by atoms with Gasteiger partial charge in [0.15, 0.2) is 11.3 Å². The van der Waals surface area contributed by atoms with E-state index in [0.717, 1.165) is 25.7 Å². The van der Waals surface area contributed by atoms with Crippen molar-refractivity contribution in [2.45, 2.75) is 31.8 Å². The fraction of sp³-hybridized carbons (Fsp3) is 0.400. The molecule has 1 aliphatic carbocycles. The van der Waals surface area contributed by atoms with Crippen molar-refractivity contribution in [2.24, 2.45) is 0 Å². The van der Waals surface area contributed by atoms with Crippen molar-refractivity contribution in [3.8, 4) is 11.5 Å². The average molecular weight is 275 g/mol. The van der Waals surface area contributed by atoms with E-state index in [1.165, 1.54) is 6.07 Å². The predicted octanol–water partition coefficient (Wildman–Crippen LogP) is 2.71. The van der Waals surface area contributed by atoms with Gasteiger partial charge >= 0.3 is 5.63 Å². The van der Waals surface area contributed by atoms with Crippen molar-refractivity contribution in [1.29, 1.82) is 0 Å². The highest BCUT2D eigenvalue weighted by Gasteiger charge is 2.22. The fourth-order valence-electron chi connectivity index (χ4n) is 2.65. The zero-order valence-electron chi connectivity index (χ0n) is 11.3. The SMILES string of the molecule is COc1ccc2c(N)cc(=O)oc2c1OC1CCCC1. The third kappa shape index (κ3) is 2.19. The lowest BCUT2D eigenvalue weighted by Gasteiger charge is -2.17. The minimum absolute atomic E-state index is 0.140. The van der Waals surface area contributed by atoms with E-state index >= 15 is 0 Å². The molecule has 106 valence electrons. The van der Waals surface area contributed by atoms with Crippen LogP contribution < -0.4 is 20.8 Å². The van der Waals surface area contributed by atoms with Crippen molar-refractivity contribution in [3.63, 3.8) is 0 Å². The lowest BCUT2D eigenvalue weighted by molar-refractivity contribution is 0.200. The van der Waals surface area contributed by atoms with Crippen LogP contribution in [0.3, 0.4) is 0 Å². The molecule has 0 saturated heterocycles. The topological polar surface area (TPSA) is 74.7 Å². The Morgan fingerprint density at radius 3 is 2.75 bits per heavy atom. The molecule has 0 spiro atoms. The molecule has 3 rings (SSSR count). The molecule has 1 fully saturated rings. The standard InChI is InChI=1S/C15H17NO4/c1-18-12-7-6-10-11(16)8-13(17)20-14(10)15(12)19-9-4-2-3-5-9/h6-9H,2-5,16H2,1H3. The molecule has 0 radical (unpaired) electrons. The Balaban J connectivity index is 2.16. The summed E-state index contributed by atoms with van der Waals surface area (Å²) in [6.07, 6.45) is 4.47. The van der Waals surface area contributed by atoms with Crippen molar-refractivity contribution in [3.05, 3.63) is 28.6 Å². The molecule has 0 bridgehead atoms. The number of anilines is 1. The van der Waals surface area contributed by atoms with Crippen molar-refractivity contribution >= 4 is 16.7 Å². The summed E-state index contributed by atoms with van der Waals surface area (Å²) in [6.45, 7) is 0. The van der Waals surface area contributed by atoms with Gasteiger partial charge in [-0.3, -0.25) is 0 Å². The first-order chi connectivity index (χ1) is 9.69. The molecule has 5 nitrogen and oxygen atoms in total. The van der Waals surface area contributed by atoms with Gasteiger partial charge in [-0.2, -0.15) is 0 Å². The molecule has 2 aromatic rings. The third-order valence-electron chi connectivity index (χ3n) is 3.67. The molecule has 0 unspecified atom stereocenters. The first-order valence-corrected chi connectivity index (χ1v) is 6.76. The van der Waals surface area contributed by atoms with Crippen LogP contribution in [0, 0.1) is 0 Å². The summed E-state index contributed by atoms with van der Waals surface area (Å²) in [7, 11) is 1.56. The van der Waals surface area contributed by atoms with Gasteiger partial charge in [-0.15, -0.1) is 0 Å². The van der Waals surface area contributed by atoms with Crippen molar-refractivity contribution in [1.82, 2.24) is 0 Å². The Morgan fingerprint density at radius 1 is 1.30 bits per heavy atom. The van der Waals surface area contributed by atoms with Crippen LogP contribution >= 0.6 is 0 Å². The molecule has 0 aliphatic heterocycles. The van der Waals surface area contributed by atoms with Gasteiger partial charge in [-0.25, -0.2) is 4.79 Å². The number of nitrogen functional groups attached to an aromatic ring is 1. The van der Waals surface area contributed by atoms with E-state index in [0.29, 0.717) is 28.2 Å². The fourth-order valence-corrected chi connectivity index (χ4v) is 2.65. The highest BCUT2D eigenvalue weighted by molar-refractivity contribution is 5.93. The first kappa shape index (κ1) is 12.8. The summed E-state index contributed by atoms with van der Waals surface area (Å²) >= 11 is 0. The number of methoxy groups -OCH3 is 1. The molecule has 0 amide bonds. The maximum Gasteiger partial charge on any atom is 0.338 e. The van der Waals surface area contributed by atoms with Gasteiger partial charge in [0.05, 0.1) is 13.2 Å². The quantitative estimate of drug-likeness (QED) is 0.872. The Hall–Kier alpha value is -2.17. The monoisotopic (exact) mass is 275 g/mol. The van der Waals surface area contributed by atoms with E-state index in [2.05, 4.69) is 0 Å². The molecule has 20 heavy (non-hydrogen) atoms.